The second kappa shape index (κ2) is 16.3. The Labute approximate surface area is 87.2 Å². The molecule has 6 N–H and O–H groups in total. The van der Waals surface area contributed by atoms with Crippen molar-refractivity contribution in [2.45, 2.75) is 0 Å². The van der Waals surface area contributed by atoms with E-state index in [-0.39, 0.29) is 51.2 Å². The maximum Gasteiger partial charge on any atom is 1.00 e. The Balaban J connectivity index is -0.0000000208. The molecule has 0 aromatic heterocycles. The van der Waals surface area contributed by atoms with E-state index < -0.39 is 0 Å². The summed E-state index contributed by atoms with van der Waals surface area (Å²) in [7, 11) is 3.24. The van der Waals surface area contributed by atoms with E-state index in [0.29, 0.717) is 0 Å². The molecule has 0 amide bonds. The fourth-order valence-corrected chi connectivity index (χ4v) is 0. The zero-order valence-corrected chi connectivity index (χ0v) is 9.08. The van der Waals surface area contributed by atoms with Crippen molar-refractivity contribution in [2.75, 3.05) is 14.1 Å². The average Bonchev–Trinajstić information content (AvgIpc) is 1.36. The molecule has 0 fully saturated rings. The third-order valence-electron chi connectivity index (χ3n) is 0.365. The van der Waals surface area contributed by atoms with Crippen LogP contribution in [-0.4, -0.2) is 40.6 Å². The topological polar surface area (TPSA) is 121 Å². The summed E-state index contributed by atoms with van der Waals surface area (Å²) in [6.45, 7) is 0. The van der Waals surface area contributed by atoms with Crippen LogP contribution >= 0.6 is 12.2 Å². The van der Waals surface area contributed by atoms with Gasteiger partial charge in [0.25, 0.3) is 0 Å². The van der Waals surface area contributed by atoms with E-state index in [1.165, 1.54) is 4.90 Å². The van der Waals surface area contributed by atoms with E-state index in [0.717, 1.165) is 0 Å². The van der Waals surface area contributed by atoms with Crippen LogP contribution in [-0.2, 0) is 0 Å². The molecule has 60 valence electrons. The Morgan fingerprint density at radius 3 is 1.30 bits per heavy atom. The van der Waals surface area contributed by atoms with Crippen LogP contribution in [0.4, 0.5) is 0 Å². The summed E-state index contributed by atoms with van der Waals surface area (Å²) in [5, 5.41) is 9.56. The van der Waals surface area contributed by atoms with E-state index in [2.05, 4.69) is 12.2 Å². The van der Waals surface area contributed by atoms with Crippen molar-refractivity contribution < 1.29 is 51.1 Å². The van der Waals surface area contributed by atoms with Gasteiger partial charge in [0.15, 0.2) is 0 Å². The van der Waals surface area contributed by atoms with E-state index in [1.807, 2.05) is 0 Å². The molecule has 5 nitrogen and oxygen atoms in total. The first-order valence-electron chi connectivity index (χ1n) is 1.53. The number of rotatable bonds is 0. The van der Waals surface area contributed by atoms with Crippen molar-refractivity contribution in [1.29, 1.82) is 0 Å². The molecule has 0 aromatic carbocycles. The number of hydrogen-bond donors (Lipinski definition) is 0. The molecule has 0 saturated carbocycles. The van der Waals surface area contributed by atoms with Gasteiger partial charge >= 0.3 is 29.6 Å². The van der Waals surface area contributed by atoms with Gasteiger partial charge in [-0.1, -0.05) is 12.2 Å². The van der Waals surface area contributed by atoms with Crippen LogP contribution in [0.3, 0.4) is 0 Å². The molecule has 0 rings (SSSR count). The van der Waals surface area contributed by atoms with Gasteiger partial charge in [-0.3, -0.25) is 0 Å². The SMILES string of the molecule is CN(C)C([O-])=S.O.O.O.[Na+]. The van der Waals surface area contributed by atoms with Crippen molar-refractivity contribution in [3.05, 3.63) is 0 Å². The quantitative estimate of drug-likeness (QED) is 0.273. The van der Waals surface area contributed by atoms with Crippen LogP contribution in [0.1, 0.15) is 0 Å². The monoisotopic (exact) mass is 181 g/mol. The van der Waals surface area contributed by atoms with Gasteiger partial charge in [-0.05, 0) is 0 Å². The Morgan fingerprint density at radius 1 is 1.20 bits per heavy atom. The second-order valence-corrected chi connectivity index (χ2v) is 1.51. The fraction of sp³-hybridized carbons (Fsp3) is 0.667. The smallest absolute Gasteiger partial charge is 0.852 e. The average molecular weight is 181 g/mol. The van der Waals surface area contributed by atoms with Crippen molar-refractivity contribution >= 4 is 17.4 Å². The van der Waals surface area contributed by atoms with Crippen molar-refractivity contribution in [2.24, 2.45) is 0 Å². The molecule has 10 heavy (non-hydrogen) atoms. The van der Waals surface area contributed by atoms with Crippen LogP contribution < -0.4 is 34.7 Å². The minimum atomic E-state index is -0.324. The van der Waals surface area contributed by atoms with E-state index >= 15 is 0 Å². The van der Waals surface area contributed by atoms with E-state index in [4.69, 9.17) is 0 Å². The molecule has 0 bridgehead atoms. The van der Waals surface area contributed by atoms with Gasteiger partial charge in [-0.2, -0.15) is 0 Å². The summed E-state index contributed by atoms with van der Waals surface area (Å²) < 4.78 is 0. The summed E-state index contributed by atoms with van der Waals surface area (Å²) in [4.78, 5) is 1.34. The molecular formula is C3H12NNaO4S. The molecular weight excluding hydrogens is 169 g/mol. The predicted molar refractivity (Wildman–Crippen MR) is 37.1 cm³/mol. The summed E-state index contributed by atoms with van der Waals surface area (Å²) in [5.41, 5.74) is 0. The van der Waals surface area contributed by atoms with Crippen molar-refractivity contribution in [3.63, 3.8) is 0 Å². The van der Waals surface area contributed by atoms with Crippen LogP contribution in [0.15, 0.2) is 0 Å². The molecule has 0 aromatic rings. The summed E-state index contributed by atoms with van der Waals surface area (Å²) >= 11 is 4.19. The van der Waals surface area contributed by atoms with Gasteiger partial charge < -0.3 is 26.4 Å². The molecule has 0 heterocycles. The predicted octanol–water partition coefficient (Wildman–Crippen LogP) is -6.28. The maximum atomic E-state index is 9.88. The molecule has 0 aliphatic rings. The molecule has 0 aliphatic carbocycles. The maximum absolute atomic E-state index is 9.88. The first kappa shape index (κ1) is 31.2. The molecule has 0 atom stereocenters. The van der Waals surface area contributed by atoms with Crippen LogP contribution in [0.25, 0.3) is 0 Å². The molecule has 0 spiro atoms. The standard InChI is InChI=1S/C3H7NOS.Na.3H2O/c1-4(2)3(5)6;;;;/h1-2H3,(H,5,6);;3*1H2/q;+1;;;/p-1. The van der Waals surface area contributed by atoms with Gasteiger partial charge in [0.05, 0.1) is 0 Å². The molecule has 0 radical (unpaired) electrons. The third-order valence-corrected chi connectivity index (χ3v) is 0.730. The van der Waals surface area contributed by atoms with Crippen molar-refractivity contribution in [1.82, 2.24) is 4.90 Å². The molecule has 0 unspecified atom stereocenters. The summed E-state index contributed by atoms with van der Waals surface area (Å²) in [6.07, 6.45) is 0. The van der Waals surface area contributed by atoms with Gasteiger partial charge in [0, 0.05) is 19.3 Å². The molecule has 0 saturated heterocycles. The van der Waals surface area contributed by atoms with Crippen LogP contribution in [0.2, 0.25) is 0 Å². The normalized spacial score (nSPS) is 4.60. The van der Waals surface area contributed by atoms with Crippen LogP contribution in [0, 0.1) is 0 Å². The van der Waals surface area contributed by atoms with E-state index in [1.54, 1.807) is 14.1 Å². The second-order valence-electron chi connectivity index (χ2n) is 1.16. The summed E-state index contributed by atoms with van der Waals surface area (Å²) in [5.74, 6) is 0. The van der Waals surface area contributed by atoms with Gasteiger partial charge in [-0.15, -0.1) is 0 Å². The minimum Gasteiger partial charge on any atom is -0.852 e. The largest absolute Gasteiger partial charge is 1.00 e. The Bertz CT molecular complexity index is 71.5. The zero-order chi connectivity index (χ0) is 5.15. The van der Waals surface area contributed by atoms with E-state index in [9.17, 15) is 5.11 Å². The summed E-state index contributed by atoms with van der Waals surface area (Å²) in [6, 6.07) is 0. The third kappa shape index (κ3) is 23.5. The first-order chi connectivity index (χ1) is 2.64. The van der Waals surface area contributed by atoms with Gasteiger partial charge in [-0.25, -0.2) is 0 Å². The van der Waals surface area contributed by atoms with Crippen LogP contribution in [0.5, 0.6) is 0 Å². The van der Waals surface area contributed by atoms with Gasteiger partial charge in [0.2, 0.25) is 0 Å². The minimum absolute atomic E-state index is 0. The number of thiocarbonyl (C=S) groups is 1. The molecule has 7 heteroatoms. The molecule has 0 aliphatic heterocycles. The zero-order valence-electron chi connectivity index (χ0n) is 6.26. The Kier molecular flexibility index (Phi) is 50.8. The number of hydrogen-bond acceptors (Lipinski definition) is 2. The fourth-order valence-electron chi connectivity index (χ4n) is 0. The number of nitrogens with zero attached hydrogens (tertiary/aromatic N) is 1. The Morgan fingerprint density at radius 2 is 1.30 bits per heavy atom. The first-order valence-corrected chi connectivity index (χ1v) is 1.93. The van der Waals surface area contributed by atoms with Crippen molar-refractivity contribution in [3.8, 4) is 0 Å². The van der Waals surface area contributed by atoms with Gasteiger partial charge in [0.1, 0.15) is 0 Å². The Hall–Kier alpha value is 0.570.